The molecule has 0 aliphatic carbocycles. The van der Waals surface area contributed by atoms with Crippen molar-refractivity contribution < 1.29 is 19.1 Å². The van der Waals surface area contributed by atoms with Gasteiger partial charge in [0.05, 0.1) is 18.6 Å². The maximum Gasteiger partial charge on any atom is 0.222 e. The standard InChI is InChI=1S/C16H32N2O3.C3H8.C2H6.CH3NO.CH5N/c1-7-12(4)16(13(21-6)10-14(17)19)18(5)15(20)9-8-11(2)3;1-3-2;1-2;2-1-3;1-2/h11-13,16H,7-10H2,1-6H3,(H2,17,19);3H2,1-2H3;1-2H3;1H,(H2,2,3);2H2,1H3. The molecule has 0 spiro atoms. The van der Waals surface area contributed by atoms with Gasteiger partial charge in [0, 0.05) is 20.6 Å². The molecule has 3 unspecified atom stereocenters. The maximum atomic E-state index is 12.4. The van der Waals surface area contributed by atoms with Gasteiger partial charge in [0.25, 0.3) is 0 Å². The number of amides is 3. The molecule has 3 atom stereocenters. The van der Waals surface area contributed by atoms with Crippen LogP contribution in [0.1, 0.15) is 87.5 Å². The zero-order valence-electron chi connectivity index (χ0n) is 22.2. The molecule has 0 aromatic heterocycles. The SMILES string of the molecule is CC.CCC.CCC(C)C(C(CC(N)=O)OC)N(C)C(=O)CCC(C)C.CN.NC=O. The van der Waals surface area contributed by atoms with Gasteiger partial charge in [-0.3, -0.25) is 14.4 Å². The van der Waals surface area contributed by atoms with Gasteiger partial charge in [-0.05, 0) is 25.3 Å². The molecule has 0 saturated carbocycles. The van der Waals surface area contributed by atoms with Crippen LogP contribution >= 0.6 is 0 Å². The van der Waals surface area contributed by atoms with Crippen LogP contribution in [0.3, 0.4) is 0 Å². The predicted molar refractivity (Wildman–Crippen MR) is 132 cm³/mol. The zero-order chi connectivity index (χ0) is 26.0. The first-order valence-electron chi connectivity index (χ1n) is 11.4. The molecule has 190 valence electrons. The van der Waals surface area contributed by atoms with Crippen molar-refractivity contribution in [3.63, 3.8) is 0 Å². The summed E-state index contributed by atoms with van der Waals surface area (Å²) >= 11 is 0. The third kappa shape index (κ3) is 26.3. The van der Waals surface area contributed by atoms with Crippen LogP contribution in [0.2, 0.25) is 0 Å². The summed E-state index contributed by atoms with van der Waals surface area (Å²) in [5.41, 5.74) is 14.0. The Hall–Kier alpha value is -1.67. The summed E-state index contributed by atoms with van der Waals surface area (Å²) in [6.45, 7) is 16.6. The first kappa shape index (κ1) is 39.8. The van der Waals surface area contributed by atoms with E-state index in [0.717, 1.165) is 12.8 Å². The molecule has 0 aromatic carbocycles. The molecule has 0 fully saturated rings. The van der Waals surface area contributed by atoms with Crippen molar-refractivity contribution in [3.05, 3.63) is 0 Å². The summed E-state index contributed by atoms with van der Waals surface area (Å²) in [6.07, 6.45) is 3.57. The lowest BCUT2D eigenvalue weighted by molar-refractivity contribution is -0.139. The fraction of sp³-hybridized carbons (Fsp3) is 0.870. The third-order valence-corrected chi connectivity index (χ3v) is 4.09. The smallest absolute Gasteiger partial charge is 0.222 e. The number of primary amides is 2. The number of carbonyl (C=O) groups excluding carboxylic acids is 3. The highest BCUT2D eigenvalue weighted by molar-refractivity contribution is 5.77. The van der Waals surface area contributed by atoms with Gasteiger partial charge in [-0.25, -0.2) is 0 Å². The Morgan fingerprint density at radius 3 is 1.71 bits per heavy atom. The molecule has 31 heavy (non-hydrogen) atoms. The van der Waals surface area contributed by atoms with Gasteiger partial charge in [0.2, 0.25) is 18.2 Å². The Kier molecular flexibility index (Phi) is 39.2. The Balaban J connectivity index is -0.000000192. The van der Waals surface area contributed by atoms with E-state index in [0.29, 0.717) is 12.3 Å². The molecule has 0 rings (SSSR count). The van der Waals surface area contributed by atoms with E-state index in [2.05, 4.69) is 53.0 Å². The van der Waals surface area contributed by atoms with Gasteiger partial charge in [-0.15, -0.1) is 0 Å². The van der Waals surface area contributed by atoms with E-state index in [1.807, 2.05) is 13.8 Å². The maximum absolute atomic E-state index is 12.4. The van der Waals surface area contributed by atoms with E-state index in [9.17, 15) is 9.59 Å². The molecule has 0 aromatic rings. The van der Waals surface area contributed by atoms with E-state index in [-0.39, 0.29) is 36.8 Å². The molecule has 0 radical (unpaired) electrons. The van der Waals surface area contributed by atoms with Crippen LogP contribution in [0.5, 0.6) is 0 Å². The monoisotopic (exact) mass is 450 g/mol. The number of methoxy groups -OCH3 is 1. The quantitative estimate of drug-likeness (QED) is 0.438. The van der Waals surface area contributed by atoms with Crippen LogP contribution in [0.4, 0.5) is 0 Å². The van der Waals surface area contributed by atoms with Crippen molar-refractivity contribution in [2.24, 2.45) is 29.0 Å². The molecule has 0 bridgehead atoms. The molecular formula is C23H54N4O4. The highest BCUT2D eigenvalue weighted by Gasteiger charge is 2.33. The van der Waals surface area contributed by atoms with E-state index >= 15 is 0 Å². The van der Waals surface area contributed by atoms with Crippen molar-refractivity contribution in [3.8, 4) is 0 Å². The molecule has 6 N–H and O–H groups in total. The Morgan fingerprint density at radius 1 is 1.06 bits per heavy atom. The number of likely N-dealkylation sites (N-methyl/N-ethyl adjacent to an activating group) is 1. The first-order valence-corrected chi connectivity index (χ1v) is 11.4. The lowest BCUT2D eigenvalue weighted by Gasteiger charge is -2.37. The average Bonchev–Trinajstić information content (AvgIpc) is 2.74. The molecule has 0 saturated heterocycles. The normalized spacial score (nSPS) is 11.9. The molecule has 0 heterocycles. The molecule has 8 nitrogen and oxygen atoms in total. The minimum Gasteiger partial charge on any atom is -0.379 e. The van der Waals surface area contributed by atoms with Crippen molar-refractivity contribution in [1.29, 1.82) is 0 Å². The highest BCUT2D eigenvalue weighted by atomic mass is 16.5. The summed E-state index contributed by atoms with van der Waals surface area (Å²) in [7, 11) is 4.86. The largest absolute Gasteiger partial charge is 0.379 e. The van der Waals surface area contributed by atoms with Gasteiger partial charge >= 0.3 is 0 Å². The summed E-state index contributed by atoms with van der Waals surface area (Å²) in [6, 6.07) is -0.132. The van der Waals surface area contributed by atoms with Gasteiger partial charge < -0.3 is 26.8 Å². The number of nitrogens with zero attached hydrogens (tertiary/aromatic N) is 1. The summed E-state index contributed by atoms with van der Waals surface area (Å²) in [5, 5.41) is 0. The number of rotatable bonds is 10. The second-order valence-electron chi connectivity index (χ2n) is 7.10. The Bertz CT molecular complexity index is 394. The fourth-order valence-corrected chi connectivity index (χ4v) is 2.54. The minimum atomic E-state index is -0.404. The third-order valence-electron chi connectivity index (χ3n) is 4.09. The predicted octanol–water partition coefficient (Wildman–Crippen LogP) is 3.31. The van der Waals surface area contributed by atoms with Crippen LogP contribution in [-0.2, 0) is 19.1 Å². The van der Waals surface area contributed by atoms with Crippen molar-refractivity contribution in [2.75, 3.05) is 21.2 Å². The van der Waals surface area contributed by atoms with Crippen LogP contribution in [0.15, 0.2) is 0 Å². The first-order chi connectivity index (χ1) is 14.6. The van der Waals surface area contributed by atoms with E-state index in [1.165, 1.54) is 13.5 Å². The summed E-state index contributed by atoms with van der Waals surface area (Å²) < 4.78 is 5.45. The van der Waals surface area contributed by atoms with E-state index in [4.69, 9.17) is 15.3 Å². The van der Waals surface area contributed by atoms with Crippen molar-refractivity contribution in [1.82, 2.24) is 4.90 Å². The van der Waals surface area contributed by atoms with Crippen LogP contribution in [0.25, 0.3) is 0 Å². The topological polar surface area (TPSA) is 142 Å². The number of carbonyl (C=O) groups is 3. The van der Waals surface area contributed by atoms with Crippen LogP contribution in [0, 0.1) is 11.8 Å². The highest BCUT2D eigenvalue weighted by Crippen LogP contribution is 2.22. The number of ether oxygens (including phenoxy) is 1. The number of hydrogen-bond donors (Lipinski definition) is 3. The van der Waals surface area contributed by atoms with Crippen LogP contribution in [-0.4, -0.2) is 56.5 Å². The van der Waals surface area contributed by atoms with E-state index in [1.54, 1.807) is 19.1 Å². The lowest BCUT2D eigenvalue weighted by Crippen LogP contribution is -2.50. The lowest BCUT2D eigenvalue weighted by atomic mass is 9.90. The number of hydrogen-bond acceptors (Lipinski definition) is 5. The number of nitrogens with two attached hydrogens (primary N) is 3. The second kappa shape index (κ2) is 30.5. The summed E-state index contributed by atoms with van der Waals surface area (Å²) in [5.74, 6) is 0.425. The minimum absolute atomic E-state index is 0.0977. The van der Waals surface area contributed by atoms with Crippen LogP contribution < -0.4 is 17.2 Å². The average molecular weight is 451 g/mol. The fourth-order valence-electron chi connectivity index (χ4n) is 2.54. The molecular weight excluding hydrogens is 396 g/mol. The Labute approximate surface area is 192 Å². The summed E-state index contributed by atoms with van der Waals surface area (Å²) in [4.78, 5) is 33.9. The zero-order valence-corrected chi connectivity index (χ0v) is 22.2. The Morgan fingerprint density at radius 2 is 1.45 bits per heavy atom. The molecule has 3 amide bonds. The van der Waals surface area contributed by atoms with Gasteiger partial charge in [0.1, 0.15) is 0 Å². The van der Waals surface area contributed by atoms with Crippen molar-refractivity contribution in [2.45, 2.75) is 99.6 Å². The van der Waals surface area contributed by atoms with Gasteiger partial charge in [-0.1, -0.05) is 68.2 Å². The second-order valence-corrected chi connectivity index (χ2v) is 7.10. The van der Waals surface area contributed by atoms with Crippen molar-refractivity contribution >= 4 is 18.2 Å². The van der Waals surface area contributed by atoms with Gasteiger partial charge in [0.15, 0.2) is 0 Å². The molecule has 0 aliphatic heterocycles. The van der Waals surface area contributed by atoms with Gasteiger partial charge in [-0.2, -0.15) is 0 Å². The molecule has 0 aliphatic rings. The molecule has 8 heteroatoms. The van der Waals surface area contributed by atoms with E-state index < -0.39 is 5.91 Å².